The van der Waals surface area contributed by atoms with Crippen molar-refractivity contribution in [2.75, 3.05) is 20.1 Å². The van der Waals surface area contributed by atoms with Crippen LogP contribution in [0.1, 0.15) is 61.3 Å². The van der Waals surface area contributed by atoms with Crippen molar-refractivity contribution in [2.24, 2.45) is 4.99 Å². The van der Waals surface area contributed by atoms with Crippen LogP contribution < -0.4 is 5.32 Å². The maximum Gasteiger partial charge on any atom is 0.194 e. The van der Waals surface area contributed by atoms with Crippen molar-refractivity contribution in [1.29, 1.82) is 0 Å². The van der Waals surface area contributed by atoms with Gasteiger partial charge in [0, 0.05) is 38.5 Å². The predicted octanol–water partition coefficient (Wildman–Crippen LogP) is 3.68. The zero-order valence-electron chi connectivity index (χ0n) is 17.9. The van der Waals surface area contributed by atoms with E-state index in [9.17, 15) is 0 Å². The molecule has 1 saturated heterocycles. The van der Waals surface area contributed by atoms with E-state index in [4.69, 9.17) is 0 Å². The molecule has 1 N–H and O–H groups in total. The van der Waals surface area contributed by atoms with Crippen molar-refractivity contribution >= 4 is 29.9 Å². The van der Waals surface area contributed by atoms with E-state index in [2.05, 4.69) is 54.2 Å². The number of aromatic nitrogens is 3. The molecule has 0 radical (unpaired) electrons. The Kier molecular flexibility index (Phi) is 6.65. The monoisotopic (exact) mass is 520 g/mol. The number of halogens is 1. The third kappa shape index (κ3) is 3.97. The zero-order valence-corrected chi connectivity index (χ0v) is 20.3. The van der Waals surface area contributed by atoms with Crippen molar-refractivity contribution in [2.45, 2.75) is 69.9 Å². The molecule has 1 unspecified atom stereocenters. The lowest BCUT2D eigenvalue weighted by Gasteiger charge is -2.47. The van der Waals surface area contributed by atoms with Gasteiger partial charge in [-0.2, -0.15) is 0 Å². The molecular formula is C23H33IN6. The van der Waals surface area contributed by atoms with E-state index in [1.165, 1.54) is 44.9 Å². The summed E-state index contributed by atoms with van der Waals surface area (Å²) < 4.78 is 2.29. The number of hydrogen-bond acceptors (Lipinski definition) is 3. The Morgan fingerprint density at radius 3 is 2.83 bits per heavy atom. The first-order valence-electron chi connectivity index (χ1n) is 11.2. The minimum Gasteiger partial charge on any atom is -0.349 e. The topological polar surface area (TPSA) is 58.3 Å². The van der Waals surface area contributed by atoms with Crippen LogP contribution >= 0.6 is 24.0 Å². The molecule has 1 fully saturated rings. The van der Waals surface area contributed by atoms with Crippen molar-refractivity contribution in [3.63, 3.8) is 0 Å². The first-order chi connectivity index (χ1) is 14.3. The number of likely N-dealkylation sites (tertiary alicyclic amines) is 1. The van der Waals surface area contributed by atoms with E-state index in [1.807, 2.05) is 7.05 Å². The van der Waals surface area contributed by atoms with Crippen LogP contribution in [-0.2, 0) is 31.3 Å². The summed E-state index contributed by atoms with van der Waals surface area (Å²) in [6.07, 6.45) is 9.81. The molecule has 5 rings (SSSR count). The van der Waals surface area contributed by atoms with E-state index in [0.29, 0.717) is 6.54 Å². The minimum absolute atomic E-state index is 0. The summed E-state index contributed by atoms with van der Waals surface area (Å²) in [5.74, 6) is 3.18. The van der Waals surface area contributed by atoms with Crippen LogP contribution in [0.15, 0.2) is 29.3 Å². The molecule has 1 atom stereocenters. The highest BCUT2D eigenvalue weighted by Crippen LogP contribution is 2.43. The average Bonchev–Trinajstić information content (AvgIpc) is 3.18. The fourth-order valence-electron chi connectivity index (χ4n) is 5.73. The molecule has 3 aliphatic rings. The second-order valence-electron chi connectivity index (χ2n) is 8.86. The molecular weight excluding hydrogens is 487 g/mol. The first kappa shape index (κ1) is 21.6. The normalized spacial score (nSPS) is 23.5. The van der Waals surface area contributed by atoms with Crippen LogP contribution in [0, 0.1) is 0 Å². The molecule has 1 spiro atoms. The summed E-state index contributed by atoms with van der Waals surface area (Å²) in [6.45, 7) is 3.87. The van der Waals surface area contributed by atoms with Crippen LogP contribution in [0.2, 0.25) is 0 Å². The van der Waals surface area contributed by atoms with E-state index in [1.54, 1.807) is 11.1 Å². The molecule has 2 aromatic rings. The number of hydrogen-bond donors (Lipinski definition) is 1. The Morgan fingerprint density at radius 1 is 1.07 bits per heavy atom. The molecule has 0 saturated carbocycles. The first-order valence-corrected chi connectivity index (χ1v) is 11.2. The van der Waals surface area contributed by atoms with E-state index < -0.39 is 0 Å². The molecule has 3 heterocycles. The lowest BCUT2D eigenvalue weighted by atomic mass is 9.66. The molecule has 0 amide bonds. The highest BCUT2D eigenvalue weighted by molar-refractivity contribution is 14.0. The Labute approximate surface area is 196 Å². The fourth-order valence-corrected chi connectivity index (χ4v) is 5.73. The lowest BCUT2D eigenvalue weighted by molar-refractivity contribution is 0.188. The third-order valence-corrected chi connectivity index (χ3v) is 7.12. The van der Waals surface area contributed by atoms with Gasteiger partial charge in [-0.3, -0.25) is 4.99 Å². The van der Waals surface area contributed by atoms with Gasteiger partial charge in [0.05, 0.1) is 6.54 Å². The predicted molar refractivity (Wildman–Crippen MR) is 130 cm³/mol. The minimum atomic E-state index is 0. The molecule has 0 bridgehead atoms. The molecule has 6 nitrogen and oxygen atoms in total. The zero-order chi connectivity index (χ0) is 19.7. The summed E-state index contributed by atoms with van der Waals surface area (Å²) in [5, 5.41) is 12.4. The Hall–Kier alpha value is -1.64. The summed E-state index contributed by atoms with van der Waals surface area (Å²) in [6, 6.07) is 9.11. The number of guanidine groups is 1. The number of fused-ring (bicyclic) bond motifs is 3. The van der Waals surface area contributed by atoms with E-state index in [-0.39, 0.29) is 29.4 Å². The number of aliphatic imine (C=N–C) groups is 1. The Balaban J connectivity index is 0.00000218. The van der Waals surface area contributed by atoms with Gasteiger partial charge in [-0.05, 0) is 56.1 Å². The van der Waals surface area contributed by atoms with Crippen LogP contribution in [-0.4, -0.2) is 45.8 Å². The van der Waals surface area contributed by atoms with Gasteiger partial charge in [0.25, 0.3) is 0 Å². The van der Waals surface area contributed by atoms with Gasteiger partial charge in [0.1, 0.15) is 5.82 Å². The summed E-state index contributed by atoms with van der Waals surface area (Å²) in [5.41, 5.74) is 3.41. The van der Waals surface area contributed by atoms with Crippen LogP contribution in [0.25, 0.3) is 0 Å². The molecule has 7 heteroatoms. The van der Waals surface area contributed by atoms with E-state index >= 15 is 0 Å². The van der Waals surface area contributed by atoms with Gasteiger partial charge in [0.2, 0.25) is 0 Å². The molecule has 162 valence electrons. The molecule has 30 heavy (non-hydrogen) atoms. The van der Waals surface area contributed by atoms with Gasteiger partial charge in [-0.25, -0.2) is 0 Å². The van der Waals surface area contributed by atoms with Crippen molar-refractivity contribution in [1.82, 2.24) is 25.0 Å². The fraction of sp³-hybridized carbons (Fsp3) is 0.609. The molecule has 1 aromatic carbocycles. The highest BCUT2D eigenvalue weighted by Gasteiger charge is 2.40. The smallest absolute Gasteiger partial charge is 0.194 e. The number of benzene rings is 1. The van der Waals surface area contributed by atoms with Gasteiger partial charge in [-0.1, -0.05) is 24.3 Å². The standard InChI is InChI=1S/C23H32N6.HI/c1-24-22(25-16-21-27-26-20-11-4-5-15-29(20)21)28-14-7-13-23(17-28)12-6-9-18-8-2-3-10-19(18)23;/h2-3,8,10H,4-7,9,11-17H2,1H3,(H,24,25);1H. The second-order valence-corrected chi connectivity index (χ2v) is 8.86. The van der Waals surface area contributed by atoms with Crippen molar-refractivity contribution < 1.29 is 0 Å². The molecule has 1 aliphatic carbocycles. The van der Waals surface area contributed by atoms with Gasteiger partial charge in [-0.15, -0.1) is 34.2 Å². The SMILES string of the molecule is CN=C(NCc1nnc2n1CCCC2)N1CCCC2(CCCc3ccccc32)C1.I. The van der Waals surface area contributed by atoms with Crippen LogP contribution in [0.4, 0.5) is 0 Å². The number of nitrogens with one attached hydrogen (secondary N) is 1. The highest BCUT2D eigenvalue weighted by atomic mass is 127. The number of aryl methyl sites for hydroxylation is 2. The summed E-state index contributed by atoms with van der Waals surface area (Å²) in [4.78, 5) is 7.10. The van der Waals surface area contributed by atoms with Crippen LogP contribution in [0.3, 0.4) is 0 Å². The number of piperidine rings is 1. The maximum atomic E-state index is 4.63. The van der Waals surface area contributed by atoms with Crippen molar-refractivity contribution in [3.05, 3.63) is 47.0 Å². The summed E-state index contributed by atoms with van der Waals surface area (Å²) in [7, 11) is 1.90. The van der Waals surface area contributed by atoms with Gasteiger partial charge >= 0.3 is 0 Å². The van der Waals surface area contributed by atoms with E-state index in [0.717, 1.165) is 43.7 Å². The van der Waals surface area contributed by atoms with Gasteiger partial charge in [0.15, 0.2) is 11.8 Å². The molecule has 1 aromatic heterocycles. The quantitative estimate of drug-likeness (QED) is 0.373. The maximum absolute atomic E-state index is 4.63. The third-order valence-electron chi connectivity index (χ3n) is 7.12. The van der Waals surface area contributed by atoms with Crippen molar-refractivity contribution in [3.8, 4) is 0 Å². The lowest BCUT2D eigenvalue weighted by Crippen LogP contribution is -2.53. The second kappa shape index (κ2) is 9.24. The number of rotatable bonds is 2. The Bertz CT molecular complexity index is 907. The summed E-state index contributed by atoms with van der Waals surface area (Å²) >= 11 is 0. The van der Waals surface area contributed by atoms with Gasteiger partial charge < -0.3 is 14.8 Å². The molecule has 2 aliphatic heterocycles. The average molecular weight is 520 g/mol. The number of nitrogens with zero attached hydrogens (tertiary/aromatic N) is 5. The largest absolute Gasteiger partial charge is 0.349 e. The van der Waals surface area contributed by atoms with Crippen LogP contribution in [0.5, 0.6) is 0 Å². The Morgan fingerprint density at radius 2 is 1.93 bits per heavy atom.